The van der Waals surface area contributed by atoms with Crippen LogP contribution in [-0.4, -0.2) is 52.6 Å². The van der Waals surface area contributed by atoms with Crippen molar-refractivity contribution in [2.24, 2.45) is 11.7 Å². The van der Waals surface area contributed by atoms with Gasteiger partial charge in [0, 0.05) is 36.7 Å². The monoisotopic (exact) mass is 424 g/mol. The van der Waals surface area contributed by atoms with Crippen LogP contribution in [0.4, 0.5) is 17.6 Å². The molecule has 30 heavy (non-hydrogen) atoms. The number of nitrogens with zero attached hydrogens (tertiary/aromatic N) is 3. The van der Waals surface area contributed by atoms with Crippen LogP contribution in [0.2, 0.25) is 0 Å². The molecule has 3 heterocycles. The van der Waals surface area contributed by atoms with Gasteiger partial charge in [-0.2, -0.15) is 5.26 Å². The van der Waals surface area contributed by atoms with Crippen molar-refractivity contribution in [3.8, 4) is 6.07 Å². The van der Waals surface area contributed by atoms with Crippen molar-refractivity contribution in [2.45, 2.75) is 69.0 Å². The van der Waals surface area contributed by atoms with Gasteiger partial charge in [-0.25, -0.2) is 17.6 Å². The van der Waals surface area contributed by atoms with Crippen LogP contribution in [0.3, 0.4) is 0 Å². The molecule has 5 nitrogen and oxygen atoms in total. The fourth-order valence-corrected chi connectivity index (χ4v) is 5.29. The van der Waals surface area contributed by atoms with Crippen LogP contribution < -0.4 is 5.73 Å². The number of fused-ring (bicyclic) bond motifs is 2. The third-order valence-corrected chi connectivity index (χ3v) is 6.84. The van der Waals surface area contributed by atoms with Gasteiger partial charge in [0.25, 0.3) is 0 Å². The van der Waals surface area contributed by atoms with Crippen molar-refractivity contribution in [1.82, 2.24) is 9.80 Å². The minimum Gasteiger partial charge on any atom is -0.322 e. The molecule has 0 aliphatic carbocycles. The molecule has 3 aliphatic heterocycles. The fraction of sp³-hybridized carbons (Fsp3) is 0.619. The Labute approximate surface area is 172 Å². The van der Waals surface area contributed by atoms with E-state index in [-0.39, 0.29) is 43.1 Å². The summed E-state index contributed by atoms with van der Waals surface area (Å²) in [6.45, 7) is 0.0618. The molecule has 0 saturated carbocycles. The highest BCUT2D eigenvalue weighted by atomic mass is 19.2. The smallest absolute Gasteiger partial charge is 0.240 e. The molecule has 0 spiro atoms. The van der Waals surface area contributed by atoms with Crippen molar-refractivity contribution >= 4 is 5.91 Å². The lowest BCUT2D eigenvalue weighted by molar-refractivity contribution is -0.134. The number of carbonyl (C=O) groups is 1. The SMILES string of the molecule is N#C[C@@H]1C[C@H](F)CN1C(=O)[C@@H](N)C1C[C@@H]2CC[C@@H](C1)N2Cc1cc(F)c(F)cc1F. The first-order valence-corrected chi connectivity index (χ1v) is 10.3. The molecule has 4 rings (SSSR count). The molecule has 0 radical (unpaired) electrons. The third-order valence-electron chi connectivity index (χ3n) is 6.84. The summed E-state index contributed by atoms with van der Waals surface area (Å²) in [5.41, 5.74) is 6.36. The van der Waals surface area contributed by atoms with Gasteiger partial charge in [-0.15, -0.1) is 0 Å². The molecule has 0 unspecified atom stereocenters. The molecule has 1 aromatic carbocycles. The van der Waals surface area contributed by atoms with Crippen LogP contribution in [0.15, 0.2) is 12.1 Å². The number of amides is 1. The summed E-state index contributed by atoms with van der Waals surface area (Å²) in [4.78, 5) is 16.2. The average Bonchev–Trinajstić information content (AvgIpc) is 3.19. The summed E-state index contributed by atoms with van der Waals surface area (Å²) in [5, 5.41) is 9.18. The van der Waals surface area contributed by atoms with Crippen LogP contribution in [0.5, 0.6) is 0 Å². The highest BCUT2D eigenvalue weighted by Crippen LogP contribution is 2.41. The van der Waals surface area contributed by atoms with Crippen LogP contribution in [-0.2, 0) is 11.3 Å². The number of piperidine rings is 1. The molecule has 3 aliphatic rings. The van der Waals surface area contributed by atoms with Crippen LogP contribution >= 0.6 is 0 Å². The number of benzene rings is 1. The lowest BCUT2D eigenvalue weighted by atomic mass is 9.84. The lowest BCUT2D eigenvalue weighted by Crippen LogP contribution is -2.53. The van der Waals surface area contributed by atoms with Gasteiger partial charge in [0.05, 0.1) is 18.7 Å². The Hall–Kier alpha value is -2.18. The van der Waals surface area contributed by atoms with Crippen molar-refractivity contribution in [2.75, 3.05) is 6.54 Å². The first-order valence-electron chi connectivity index (χ1n) is 10.3. The largest absolute Gasteiger partial charge is 0.322 e. The van der Waals surface area contributed by atoms with Gasteiger partial charge in [0.2, 0.25) is 5.91 Å². The maximum absolute atomic E-state index is 14.1. The second-order valence-electron chi connectivity index (χ2n) is 8.64. The van der Waals surface area contributed by atoms with Gasteiger partial charge >= 0.3 is 0 Å². The molecule has 3 fully saturated rings. The number of hydrogen-bond acceptors (Lipinski definition) is 4. The normalized spacial score (nSPS) is 32.3. The van der Waals surface area contributed by atoms with Gasteiger partial charge < -0.3 is 10.6 Å². The summed E-state index contributed by atoms with van der Waals surface area (Å²) in [6, 6.07) is 1.93. The highest BCUT2D eigenvalue weighted by molar-refractivity contribution is 5.83. The topological polar surface area (TPSA) is 73.4 Å². The van der Waals surface area contributed by atoms with E-state index in [0.717, 1.165) is 18.9 Å². The second-order valence-corrected chi connectivity index (χ2v) is 8.64. The van der Waals surface area contributed by atoms with E-state index in [9.17, 15) is 27.6 Å². The number of nitrogens with two attached hydrogens (primary N) is 1. The number of likely N-dealkylation sites (tertiary alicyclic amines) is 1. The van der Waals surface area contributed by atoms with E-state index in [0.29, 0.717) is 18.9 Å². The first-order chi connectivity index (χ1) is 14.3. The summed E-state index contributed by atoms with van der Waals surface area (Å²) in [5.74, 6) is -3.59. The van der Waals surface area contributed by atoms with Crippen molar-refractivity contribution < 1.29 is 22.4 Å². The molecule has 3 saturated heterocycles. The van der Waals surface area contributed by atoms with Gasteiger partial charge in [-0.05, 0) is 37.7 Å². The van der Waals surface area contributed by atoms with Crippen LogP contribution in [0.25, 0.3) is 0 Å². The second kappa shape index (κ2) is 8.16. The predicted molar refractivity (Wildman–Crippen MR) is 100.0 cm³/mol. The molecule has 162 valence electrons. The first kappa shape index (κ1) is 21.1. The molecule has 2 N–H and O–H groups in total. The maximum Gasteiger partial charge on any atom is 0.240 e. The number of alkyl halides is 1. The zero-order valence-electron chi connectivity index (χ0n) is 16.4. The lowest BCUT2D eigenvalue weighted by Gasteiger charge is -2.41. The van der Waals surface area contributed by atoms with Gasteiger partial charge in [-0.3, -0.25) is 9.69 Å². The Kier molecular flexibility index (Phi) is 5.73. The number of rotatable bonds is 4. The van der Waals surface area contributed by atoms with Gasteiger partial charge in [-0.1, -0.05) is 0 Å². The standard InChI is InChI=1S/C21H24F4N4O/c22-13-6-16(8-26)29(10-13)21(30)20(27)11-3-14-1-2-15(4-11)28(14)9-12-5-18(24)19(25)7-17(12)23/h5,7,11,13-16,20H,1-4,6,9-10,27H2/t13-,14-,15-,16-,20-/m0/s1. The van der Waals surface area contributed by atoms with E-state index in [2.05, 4.69) is 4.90 Å². The Bertz CT molecular complexity index is 861. The minimum absolute atomic E-state index is 0.0123. The van der Waals surface area contributed by atoms with E-state index in [1.165, 1.54) is 4.90 Å². The third kappa shape index (κ3) is 3.79. The molecule has 5 atom stereocenters. The summed E-state index contributed by atoms with van der Waals surface area (Å²) in [7, 11) is 0. The van der Waals surface area contributed by atoms with Crippen LogP contribution in [0.1, 0.15) is 37.7 Å². The van der Waals surface area contributed by atoms with Crippen molar-refractivity contribution in [1.29, 1.82) is 5.26 Å². The molecule has 0 aromatic heterocycles. The molecule has 1 amide bonds. The van der Waals surface area contributed by atoms with Crippen molar-refractivity contribution in [3.05, 3.63) is 35.1 Å². The zero-order chi connectivity index (χ0) is 21.6. The Morgan fingerprint density at radius 3 is 2.40 bits per heavy atom. The van der Waals surface area contributed by atoms with Crippen molar-refractivity contribution in [3.63, 3.8) is 0 Å². The average molecular weight is 424 g/mol. The zero-order valence-corrected chi connectivity index (χ0v) is 16.4. The number of hydrogen-bond donors (Lipinski definition) is 1. The van der Waals surface area contributed by atoms with E-state index in [4.69, 9.17) is 5.73 Å². The molecule has 1 aromatic rings. The Morgan fingerprint density at radius 1 is 1.13 bits per heavy atom. The van der Waals surface area contributed by atoms with Crippen LogP contribution in [0, 0.1) is 34.7 Å². The summed E-state index contributed by atoms with van der Waals surface area (Å²) >= 11 is 0. The van der Waals surface area contributed by atoms with E-state index in [1.807, 2.05) is 6.07 Å². The number of carbonyl (C=O) groups excluding carboxylic acids is 1. The summed E-state index contributed by atoms with van der Waals surface area (Å²) < 4.78 is 54.5. The fourth-order valence-electron chi connectivity index (χ4n) is 5.29. The molecular weight excluding hydrogens is 400 g/mol. The quantitative estimate of drug-likeness (QED) is 0.596. The Morgan fingerprint density at radius 2 is 1.77 bits per heavy atom. The van der Waals surface area contributed by atoms with Gasteiger partial charge in [0.15, 0.2) is 11.6 Å². The molecular formula is C21H24F4N4O. The minimum atomic E-state index is -1.21. The maximum atomic E-state index is 14.1. The summed E-state index contributed by atoms with van der Waals surface area (Å²) in [6.07, 6.45) is 1.72. The van der Waals surface area contributed by atoms with E-state index in [1.54, 1.807) is 0 Å². The van der Waals surface area contributed by atoms with E-state index < -0.39 is 41.6 Å². The van der Waals surface area contributed by atoms with Gasteiger partial charge in [0.1, 0.15) is 18.0 Å². The number of halogens is 4. The molecule has 9 heteroatoms. The molecule has 2 bridgehead atoms. The van der Waals surface area contributed by atoms with E-state index >= 15 is 0 Å². The predicted octanol–water partition coefficient (Wildman–Crippen LogP) is 2.64. The number of nitriles is 1. The highest BCUT2D eigenvalue weighted by Gasteiger charge is 2.46. The Balaban J connectivity index is 1.43.